The molecule has 0 aliphatic heterocycles. The van der Waals surface area contributed by atoms with Crippen molar-refractivity contribution in [2.45, 2.75) is 0 Å². The number of fused-ring (bicyclic) bond motifs is 12. The molecular formula is C50H32N4OSi. The number of nitrogens with zero attached hydrogens (tertiary/aromatic N) is 4. The largest absolute Gasteiger partial charge is 0.456 e. The maximum absolute atomic E-state index is 6.45. The van der Waals surface area contributed by atoms with E-state index < -0.39 is 8.07 Å². The zero-order valence-corrected chi connectivity index (χ0v) is 31.2. The summed E-state index contributed by atoms with van der Waals surface area (Å²) < 4.78 is 11.0. The molecule has 0 saturated heterocycles. The molecule has 0 fully saturated rings. The van der Waals surface area contributed by atoms with Crippen LogP contribution >= 0.6 is 0 Å². The van der Waals surface area contributed by atoms with Crippen LogP contribution in [0.4, 0.5) is 0 Å². The molecule has 0 atom stereocenters. The van der Waals surface area contributed by atoms with Crippen LogP contribution in [-0.4, -0.2) is 27.0 Å². The molecule has 0 aliphatic rings. The van der Waals surface area contributed by atoms with Crippen molar-refractivity contribution in [3.05, 3.63) is 195 Å². The molecule has 56 heavy (non-hydrogen) atoms. The number of hydrogen-bond donors (Lipinski definition) is 0. The van der Waals surface area contributed by atoms with E-state index in [1.165, 1.54) is 31.5 Å². The lowest BCUT2D eigenvalue weighted by Crippen LogP contribution is -2.74. The third kappa shape index (κ3) is 4.30. The van der Waals surface area contributed by atoms with E-state index in [1.54, 1.807) is 0 Å². The van der Waals surface area contributed by atoms with E-state index in [0.29, 0.717) is 0 Å². The number of benzene rings is 7. The van der Waals surface area contributed by atoms with Gasteiger partial charge in [0.05, 0.1) is 11.0 Å². The number of furan rings is 1. The minimum Gasteiger partial charge on any atom is -0.456 e. The van der Waals surface area contributed by atoms with E-state index >= 15 is 0 Å². The van der Waals surface area contributed by atoms with E-state index in [1.807, 2.05) is 30.6 Å². The quantitative estimate of drug-likeness (QED) is 0.101. The minimum absolute atomic E-state index is 0.866. The monoisotopic (exact) mass is 732 g/mol. The lowest BCUT2D eigenvalue weighted by Gasteiger charge is -2.35. The van der Waals surface area contributed by atoms with Crippen LogP contribution in [0.25, 0.3) is 76.9 Å². The Hall–Kier alpha value is -7.28. The molecule has 0 unspecified atom stereocenters. The summed E-state index contributed by atoms with van der Waals surface area (Å²) in [6.45, 7) is 0. The minimum atomic E-state index is -2.99. The summed E-state index contributed by atoms with van der Waals surface area (Å²) in [5.41, 5.74) is 6.92. The van der Waals surface area contributed by atoms with Gasteiger partial charge in [-0.1, -0.05) is 127 Å². The van der Waals surface area contributed by atoms with Gasteiger partial charge in [0.1, 0.15) is 22.5 Å². The molecule has 12 rings (SSSR count). The van der Waals surface area contributed by atoms with Gasteiger partial charge in [-0.2, -0.15) is 0 Å². The molecule has 0 saturated carbocycles. The molecule has 12 aromatic rings. The highest BCUT2D eigenvalue weighted by Crippen LogP contribution is 2.37. The van der Waals surface area contributed by atoms with Gasteiger partial charge in [0.15, 0.2) is 8.07 Å². The summed E-state index contributed by atoms with van der Waals surface area (Å²) in [6.07, 6.45) is 5.88. The Bertz CT molecular complexity index is 3450. The first-order chi connectivity index (χ1) is 27.8. The highest BCUT2D eigenvalue weighted by atomic mass is 28.3. The fourth-order valence-corrected chi connectivity index (χ4v) is 14.2. The van der Waals surface area contributed by atoms with Crippen molar-refractivity contribution in [3.63, 3.8) is 0 Å². The second kappa shape index (κ2) is 11.9. The van der Waals surface area contributed by atoms with Gasteiger partial charge >= 0.3 is 0 Å². The summed E-state index contributed by atoms with van der Waals surface area (Å²) in [4.78, 5) is 9.96. The predicted octanol–water partition coefficient (Wildman–Crippen LogP) is 9.41. The lowest BCUT2D eigenvalue weighted by molar-refractivity contribution is 0.669. The van der Waals surface area contributed by atoms with Gasteiger partial charge in [0.25, 0.3) is 0 Å². The first kappa shape index (κ1) is 31.1. The summed E-state index contributed by atoms with van der Waals surface area (Å²) in [5, 5.41) is 13.3. The van der Waals surface area contributed by atoms with Crippen LogP contribution in [0.1, 0.15) is 0 Å². The first-order valence-corrected chi connectivity index (χ1v) is 21.0. The number of rotatable bonds is 5. The summed E-state index contributed by atoms with van der Waals surface area (Å²) in [6, 6.07) is 64.2. The van der Waals surface area contributed by atoms with E-state index in [-0.39, 0.29) is 0 Å². The van der Waals surface area contributed by atoms with Gasteiger partial charge in [-0.15, -0.1) is 0 Å². The van der Waals surface area contributed by atoms with Crippen LogP contribution < -0.4 is 20.7 Å². The molecule has 0 bridgehead atoms. The Morgan fingerprint density at radius 3 is 1.93 bits per heavy atom. The molecule has 0 N–H and O–H groups in total. The highest BCUT2D eigenvalue weighted by molar-refractivity contribution is 7.20. The SMILES string of the molecule is c1ccc([Si](c2ccccc2)(c2cccc(-n3c4cc5oc6ccccc6c5cc4c4cccnc43)c2)c2ccc3c4ccccc4n4ccnc4c3c2)cc1. The van der Waals surface area contributed by atoms with Crippen molar-refractivity contribution < 1.29 is 4.42 Å². The second-order valence-corrected chi connectivity index (χ2v) is 18.4. The van der Waals surface area contributed by atoms with E-state index in [9.17, 15) is 0 Å². The number of imidazole rings is 1. The molecule has 6 heteroatoms. The smallest absolute Gasteiger partial charge is 0.179 e. The molecular weight excluding hydrogens is 701 g/mol. The average Bonchev–Trinajstić information content (AvgIpc) is 3.99. The van der Waals surface area contributed by atoms with Crippen LogP contribution in [0.5, 0.6) is 0 Å². The molecule has 0 radical (unpaired) electrons. The van der Waals surface area contributed by atoms with Gasteiger partial charge in [0, 0.05) is 62.7 Å². The standard InChI is InChI=1S/C50H32N4OSi/c1-3-14-34(15-4-1)56(35-16-5-2-6-17-35,37-24-25-38-39-19-7-9-22-45(39)53-28-27-52-49(53)44(38)30-37)36-18-11-13-33(29-36)54-46-32-48-43(40-20-8-10-23-47(40)55-48)31-42(46)41-21-12-26-51-50(41)54/h1-32H. The number of hydrogen-bond acceptors (Lipinski definition) is 3. The van der Waals surface area contributed by atoms with Gasteiger partial charge in [-0.25, -0.2) is 9.97 Å². The number of pyridine rings is 2. The van der Waals surface area contributed by atoms with Crippen LogP contribution in [0.3, 0.4) is 0 Å². The van der Waals surface area contributed by atoms with Crippen LogP contribution in [0, 0.1) is 0 Å². The van der Waals surface area contributed by atoms with Gasteiger partial charge in [-0.3, -0.25) is 8.97 Å². The normalized spacial score (nSPS) is 12.3. The van der Waals surface area contributed by atoms with Crippen molar-refractivity contribution in [2.24, 2.45) is 0 Å². The van der Waals surface area contributed by atoms with Crippen molar-refractivity contribution in [1.29, 1.82) is 0 Å². The van der Waals surface area contributed by atoms with Crippen molar-refractivity contribution in [1.82, 2.24) is 18.9 Å². The van der Waals surface area contributed by atoms with Crippen molar-refractivity contribution in [3.8, 4) is 5.69 Å². The number of para-hydroxylation sites is 2. The molecule has 5 nitrogen and oxygen atoms in total. The van der Waals surface area contributed by atoms with Crippen molar-refractivity contribution >= 4 is 100 Å². The van der Waals surface area contributed by atoms with Gasteiger partial charge in [0.2, 0.25) is 0 Å². The van der Waals surface area contributed by atoms with Gasteiger partial charge in [-0.05, 0) is 68.6 Å². The van der Waals surface area contributed by atoms with E-state index in [0.717, 1.165) is 66.1 Å². The Labute approximate surface area is 322 Å². The summed E-state index contributed by atoms with van der Waals surface area (Å²) >= 11 is 0. The fourth-order valence-electron chi connectivity index (χ4n) is 9.38. The zero-order chi connectivity index (χ0) is 36.8. The van der Waals surface area contributed by atoms with E-state index in [4.69, 9.17) is 14.4 Å². The molecule has 5 aromatic heterocycles. The average molecular weight is 733 g/mol. The number of aromatic nitrogens is 4. The van der Waals surface area contributed by atoms with Gasteiger partial charge < -0.3 is 4.42 Å². The molecule has 7 aromatic carbocycles. The first-order valence-electron chi connectivity index (χ1n) is 19.0. The van der Waals surface area contributed by atoms with E-state index in [2.05, 4.69) is 173 Å². The molecule has 5 heterocycles. The Morgan fingerprint density at radius 1 is 0.393 bits per heavy atom. The van der Waals surface area contributed by atoms with Crippen molar-refractivity contribution in [2.75, 3.05) is 0 Å². The maximum atomic E-state index is 6.45. The van der Waals surface area contributed by atoms with Crippen LogP contribution in [-0.2, 0) is 0 Å². The topological polar surface area (TPSA) is 48.3 Å². The third-order valence-corrected chi connectivity index (χ3v) is 16.5. The summed E-state index contributed by atoms with van der Waals surface area (Å²) in [5.74, 6) is 0. The zero-order valence-electron chi connectivity index (χ0n) is 30.2. The Balaban J connectivity index is 1.18. The summed E-state index contributed by atoms with van der Waals surface area (Å²) in [7, 11) is -2.99. The molecule has 0 aliphatic carbocycles. The fraction of sp³-hybridized carbons (Fsp3) is 0. The second-order valence-electron chi connectivity index (χ2n) is 14.6. The molecule has 262 valence electrons. The lowest BCUT2D eigenvalue weighted by atomic mass is 10.1. The maximum Gasteiger partial charge on any atom is 0.179 e. The molecule has 0 spiro atoms. The highest BCUT2D eigenvalue weighted by Gasteiger charge is 2.42. The molecule has 0 amide bonds. The third-order valence-electron chi connectivity index (χ3n) is 11.8. The predicted molar refractivity (Wildman–Crippen MR) is 233 cm³/mol. The van der Waals surface area contributed by atoms with Crippen LogP contribution in [0.2, 0.25) is 0 Å². The van der Waals surface area contributed by atoms with Crippen LogP contribution in [0.15, 0.2) is 199 Å². The Morgan fingerprint density at radius 2 is 1.09 bits per heavy atom. The Kier molecular flexibility index (Phi) is 6.59.